The molecule has 0 bridgehead atoms. The lowest BCUT2D eigenvalue weighted by Gasteiger charge is -2.18. The number of nitrogens with two attached hydrogens (primary N) is 1. The molecule has 28 heavy (non-hydrogen) atoms. The van der Waals surface area contributed by atoms with Crippen molar-refractivity contribution < 1.29 is 13.9 Å². The summed E-state index contributed by atoms with van der Waals surface area (Å²) in [6.45, 7) is 1.34. The van der Waals surface area contributed by atoms with Crippen LogP contribution in [0.4, 0.5) is 4.39 Å². The number of benzene rings is 2. The van der Waals surface area contributed by atoms with Crippen molar-refractivity contribution in [1.29, 1.82) is 0 Å². The Morgan fingerprint density at radius 2 is 1.93 bits per heavy atom. The minimum atomic E-state index is -0.812. The molecule has 0 unspecified atom stereocenters. The topological polar surface area (TPSA) is 68.4 Å². The van der Waals surface area contributed by atoms with Crippen LogP contribution in [0.25, 0.3) is 11.1 Å². The molecule has 0 spiro atoms. The van der Waals surface area contributed by atoms with E-state index >= 15 is 0 Å². The Balaban J connectivity index is 1.93. The molecule has 0 aliphatic carbocycles. The fourth-order valence-electron chi connectivity index (χ4n) is 3.20. The van der Waals surface area contributed by atoms with E-state index in [1.54, 1.807) is 18.3 Å². The molecule has 0 aliphatic heterocycles. The molecular formula is C22H22FN3O2. The predicted octanol–water partition coefficient (Wildman–Crippen LogP) is 3.63. The lowest BCUT2D eigenvalue weighted by Crippen LogP contribution is -2.18. The standard InChI is InChI=1S/C22H22FN3O2/c1-26(14-16-6-3-4-11-25-16)13-15-9-10-20(28-2)18(12-15)17-7-5-8-19(23)21(17)22(24)27/h3-12H,13-14H2,1-2H3,(H2,24,27). The van der Waals surface area contributed by atoms with Gasteiger partial charge in [-0.15, -0.1) is 0 Å². The van der Waals surface area contributed by atoms with Gasteiger partial charge in [-0.3, -0.25) is 14.7 Å². The zero-order valence-corrected chi connectivity index (χ0v) is 15.9. The highest BCUT2D eigenvalue weighted by molar-refractivity contribution is 6.00. The number of primary amides is 1. The van der Waals surface area contributed by atoms with Gasteiger partial charge in [0.05, 0.1) is 18.4 Å². The highest BCUT2D eigenvalue weighted by Gasteiger charge is 2.18. The summed E-state index contributed by atoms with van der Waals surface area (Å²) in [6.07, 6.45) is 1.77. The lowest BCUT2D eigenvalue weighted by molar-refractivity contribution is 0.0997. The summed E-state index contributed by atoms with van der Waals surface area (Å²) in [4.78, 5) is 18.3. The van der Waals surface area contributed by atoms with Crippen molar-refractivity contribution in [3.63, 3.8) is 0 Å². The van der Waals surface area contributed by atoms with Gasteiger partial charge in [-0.2, -0.15) is 0 Å². The smallest absolute Gasteiger partial charge is 0.252 e. The number of hydrogen-bond donors (Lipinski definition) is 1. The van der Waals surface area contributed by atoms with Gasteiger partial charge in [0.15, 0.2) is 0 Å². The number of amides is 1. The summed E-state index contributed by atoms with van der Waals surface area (Å²) >= 11 is 0. The number of pyridine rings is 1. The van der Waals surface area contributed by atoms with Gasteiger partial charge in [-0.25, -0.2) is 4.39 Å². The summed E-state index contributed by atoms with van der Waals surface area (Å²) in [5, 5.41) is 0. The molecule has 3 aromatic rings. The van der Waals surface area contributed by atoms with E-state index in [0.29, 0.717) is 30.0 Å². The number of halogens is 1. The first-order chi connectivity index (χ1) is 13.5. The third-order valence-electron chi connectivity index (χ3n) is 4.42. The van der Waals surface area contributed by atoms with Crippen molar-refractivity contribution in [1.82, 2.24) is 9.88 Å². The Labute approximate surface area is 163 Å². The SMILES string of the molecule is COc1ccc(CN(C)Cc2ccccn2)cc1-c1cccc(F)c1C(N)=O. The van der Waals surface area contributed by atoms with E-state index in [2.05, 4.69) is 9.88 Å². The number of hydrogen-bond acceptors (Lipinski definition) is 4. The predicted molar refractivity (Wildman–Crippen MR) is 106 cm³/mol. The van der Waals surface area contributed by atoms with Crippen molar-refractivity contribution in [2.75, 3.05) is 14.2 Å². The summed E-state index contributed by atoms with van der Waals surface area (Å²) in [5.74, 6) is -0.915. The molecule has 0 fully saturated rings. The number of ether oxygens (including phenoxy) is 1. The van der Waals surface area contributed by atoms with E-state index in [-0.39, 0.29) is 5.56 Å². The van der Waals surface area contributed by atoms with Crippen molar-refractivity contribution in [2.45, 2.75) is 13.1 Å². The molecular weight excluding hydrogens is 357 g/mol. The molecule has 0 atom stereocenters. The van der Waals surface area contributed by atoms with Gasteiger partial charge in [-0.1, -0.05) is 24.3 Å². The molecule has 0 saturated carbocycles. The Hall–Kier alpha value is -3.25. The van der Waals surface area contributed by atoms with Crippen LogP contribution in [0.3, 0.4) is 0 Å². The van der Waals surface area contributed by atoms with Crippen LogP contribution in [-0.4, -0.2) is 29.9 Å². The molecule has 1 aromatic heterocycles. The van der Waals surface area contributed by atoms with E-state index in [4.69, 9.17) is 10.5 Å². The van der Waals surface area contributed by atoms with Crippen LogP contribution in [0.1, 0.15) is 21.6 Å². The minimum absolute atomic E-state index is 0.139. The molecule has 2 N–H and O–H groups in total. The number of nitrogens with zero attached hydrogens (tertiary/aromatic N) is 2. The summed E-state index contributed by atoms with van der Waals surface area (Å²) < 4.78 is 19.7. The lowest BCUT2D eigenvalue weighted by atomic mass is 9.96. The van der Waals surface area contributed by atoms with E-state index in [1.165, 1.54) is 13.2 Å². The number of carbonyl (C=O) groups excluding carboxylic acids is 1. The van der Waals surface area contributed by atoms with Crippen LogP contribution in [0, 0.1) is 5.82 Å². The quantitative estimate of drug-likeness (QED) is 0.681. The molecule has 0 radical (unpaired) electrons. The van der Waals surface area contributed by atoms with Gasteiger partial charge in [0.25, 0.3) is 5.91 Å². The second-order valence-electron chi connectivity index (χ2n) is 6.55. The largest absolute Gasteiger partial charge is 0.496 e. The van der Waals surface area contributed by atoms with E-state index in [9.17, 15) is 9.18 Å². The van der Waals surface area contributed by atoms with Gasteiger partial charge in [-0.05, 0) is 42.9 Å². The molecule has 2 aromatic carbocycles. The van der Waals surface area contributed by atoms with E-state index < -0.39 is 11.7 Å². The summed E-state index contributed by atoms with van der Waals surface area (Å²) in [5.41, 5.74) is 8.28. The highest BCUT2D eigenvalue weighted by Crippen LogP contribution is 2.34. The summed E-state index contributed by atoms with van der Waals surface area (Å²) in [6, 6.07) is 15.9. The Bertz CT molecular complexity index is 977. The zero-order valence-electron chi connectivity index (χ0n) is 15.9. The molecule has 5 nitrogen and oxygen atoms in total. The van der Waals surface area contributed by atoms with Crippen molar-refractivity contribution >= 4 is 5.91 Å². The van der Waals surface area contributed by atoms with Gasteiger partial charge < -0.3 is 10.5 Å². The van der Waals surface area contributed by atoms with Crippen molar-refractivity contribution in [3.8, 4) is 16.9 Å². The zero-order chi connectivity index (χ0) is 20.1. The molecule has 1 amide bonds. The number of carbonyl (C=O) groups is 1. The minimum Gasteiger partial charge on any atom is -0.496 e. The van der Waals surface area contributed by atoms with Gasteiger partial charge in [0.1, 0.15) is 11.6 Å². The van der Waals surface area contributed by atoms with Crippen LogP contribution < -0.4 is 10.5 Å². The number of aromatic nitrogens is 1. The molecule has 0 aliphatic rings. The van der Waals surface area contributed by atoms with Crippen molar-refractivity contribution in [2.24, 2.45) is 5.73 Å². The average Bonchev–Trinajstić information content (AvgIpc) is 2.68. The maximum Gasteiger partial charge on any atom is 0.252 e. The van der Waals surface area contributed by atoms with E-state index in [1.807, 2.05) is 43.4 Å². The fourth-order valence-corrected chi connectivity index (χ4v) is 3.20. The second kappa shape index (κ2) is 8.63. The third kappa shape index (κ3) is 4.35. The number of rotatable bonds is 7. The molecule has 6 heteroatoms. The number of methoxy groups -OCH3 is 1. The van der Waals surface area contributed by atoms with Crippen LogP contribution in [0.5, 0.6) is 5.75 Å². The fraction of sp³-hybridized carbons (Fsp3) is 0.182. The molecule has 144 valence electrons. The molecule has 0 saturated heterocycles. The van der Waals surface area contributed by atoms with Crippen LogP contribution in [0.15, 0.2) is 60.8 Å². The average molecular weight is 379 g/mol. The first kappa shape index (κ1) is 19.5. The monoisotopic (exact) mass is 379 g/mol. The Kier molecular flexibility index (Phi) is 6.01. The maximum absolute atomic E-state index is 14.2. The second-order valence-corrected chi connectivity index (χ2v) is 6.55. The normalized spacial score (nSPS) is 10.9. The maximum atomic E-state index is 14.2. The molecule has 1 heterocycles. The van der Waals surface area contributed by atoms with Crippen LogP contribution >= 0.6 is 0 Å². The Morgan fingerprint density at radius 3 is 2.61 bits per heavy atom. The van der Waals surface area contributed by atoms with Crippen LogP contribution in [0.2, 0.25) is 0 Å². The molecule has 3 rings (SSSR count). The van der Waals surface area contributed by atoms with Gasteiger partial charge in [0, 0.05) is 30.4 Å². The summed E-state index contributed by atoms with van der Waals surface area (Å²) in [7, 11) is 3.53. The van der Waals surface area contributed by atoms with Crippen LogP contribution in [-0.2, 0) is 13.1 Å². The highest BCUT2D eigenvalue weighted by atomic mass is 19.1. The Morgan fingerprint density at radius 1 is 1.11 bits per heavy atom. The third-order valence-corrected chi connectivity index (χ3v) is 4.42. The van der Waals surface area contributed by atoms with E-state index in [0.717, 1.165) is 11.3 Å². The first-order valence-corrected chi connectivity index (χ1v) is 8.83. The first-order valence-electron chi connectivity index (χ1n) is 8.83. The van der Waals surface area contributed by atoms with Gasteiger partial charge in [0.2, 0.25) is 0 Å². The van der Waals surface area contributed by atoms with Gasteiger partial charge >= 0.3 is 0 Å². The van der Waals surface area contributed by atoms with Crippen molar-refractivity contribution in [3.05, 3.63) is 83.4 Å².